The van der Waals surface area contributed by atoms with Crippen LogP contribution in [0.25, 0.3) is 16.9 Å². The molecule has 1 aromatic heterocycles. The van der Waals surface area contributed by atoms with Crippen LogP contribution in [0.2, 0.25) is 0 Å². The quantitative estimate of drug-likeness (QED) is 0.451. The van der Waals surface area contributed by atoms with E-state index in [0.717, 1.165) is 54.2 Å². The Balaban J connectivity index is 2.09. The predicted molar refractivity (Wildman–Crippen MR) is 115 cm³/mol. The fraction of sp³-hybridized carbons (Fsp3) is 0.304. The van der Waals surface area contributed by atoms with Gasteiger partial charge >= 0.3 is 0 Å². The molecular weight excluding hydrogens is 350 g/mol. The Labute approximate surface area is 165 Å². The fourth-order valence-corrected chi connectivity index (χ4v) is 3.19. The number of nitrogens with zero attached hydrogens (tertiary/aromatic N) is 2. The summed E-state index contributed by atoms with van der Waals surface area (Å²) in [6, 6.07) is 17.3. The van der Waals surface area contributed by atoms with E-state index in [1.807, 2.05) is 61.5 Å². The maximum absolute atomic E-state index is 13.2. The largest absolute Gasteiger partial charge is 0.497 e. The molecule has 0 fully saturated rings. The van der Waals surface area contributed by atoms with Gasteiger partial charge in [-0.05, 0) is 49.7 Å². The minimum absolute atomic E-state index is 0.0891. The lowest BCUT2D eigenvalue weighted by atomic mass is 10.0. The summed E-state index contributed by atoms with van der Waals surface area (Å²) in [4.78, 5) is 17.9. The van der Waals surface area contributed by atoms with Crippen molar-refractivity contribution in [2.24, 2.45) is 4.99 Å². The molecule has 0 aliphatic carbocycles. The number of methoxy groups -OCH3 is 1. The highest BCUT2D eigenvalue weighted by Gasteiger charge is 2.19. The van der Waals surface area contributed by atoms with Crippen molar-refractivity contribution in [2.45, 2.75) is 33.1 Å². The Morgan fingerprint density at radius 1 is 1.07 bits per heavy atom. The van der Waals surface area contributed by atoms with Crippen LogP contribution >= 0.6 is 0 Å². The monoisotopic (exact) mass is 377 g/mol. The molecule has 146 valence electrons. The molecule has 0 aliphatic heterocycles. The average molecular weight is 377 g/mol. The number of hydrogen-bond acceptors (Lipinski definition) is 3. The SMILES string of the molecule is CCCCCN=C(C)c1c(-c2ccc(OC)cc2)[nH]n(-c2ccccc2)c1=O. The summed E-state index contributed by atoms with van der Waals surface area (Å²) < 4.78 is 6.84. The molecule has 1 heterocycles. The third-order valence-corrected chi connectivity index (χ3v) is 4.76. The first-order valence-corrected chi connectivity index (χ1v) is 9.72. The molecule has 0 unspecified atom stereocenters. The highest BCUT2D eigenvalue weighted by atomic mass is 16.5. The van der Waals surface area contributed by atoms with Crippen LogP contribution in [0.4, 0.5) is 0 Å². The normalized spacial score (nSPS) is 11.6. The number of nitrogens with one attached hydrogen (secondary N) is 1. The lowest BCUT2D eigenvalue weighted by Gasteiger charge is -2.05. The van der Waals surface area contributed by atoms with Gasteiger partial charge in [-0.2, -0.15) is 0 Å². The van der Waals surface area contributed by atoms with Crippen molar-refractivity contribution in [1.29, 1.82) is 0 Å². The molecular formula is C23H27N3O2. The highest BCUT2D eigenvalue weighted by Crippen LogP contribution is 2.24. The van der Waals surface area contributed by atoms with Crippen molar-refractivity contribution in [3.05, 3.63) is 70.5 Å². The van der Waals surface area contributed by atoms with Crippen LogP contribution in [-0.4, -0.2) is 29.1 Å². The lowest BCUT2D eigenvalue weighted by molar-refractivity contribution is 0.415. The second-order valence-corrected chi connectivity index (χ2v) is 6.74. The van der Waals surface area contributed by atoms with Gasteiger partial charge in [-0.25, -0.2) is 4.68 Å². The van der Waals surface area contributed by atoms with Crippen LogP contribution < -0.4 is 10.3 Å². The van der Waals surface area contributed by atoms with Gasteiger partial charge in [-0.3, -0.25) is 14.9 Å². The van der Waals surface area contributed by atoms with Gasteiger partial charge in [0.2, 0.25) is 0 Å². The Hall–Kier alpha value is -3.08. The van der Waals surface area contributed by atoms with Crippen LogP contribution in [-0.2, 0) is 0 Å². The molecule has 0 saturated carbocycles. The lowest BCUT2D eigenvalue weighted by Crippen LogP contribution is -2.19. The number of para-hydroxylation sites is 1. The van der Waals surface area contributed by atoms with Crippen molar-refractivity contribution in [3.63, 3.8) is 0 Å². The van der Waals surface area contributed by atoms with Gasteiger partial charge < -0.3 is 4.74 Å². The molecule has 3 aromatic rings. The van der Waals surface area contributed by atoms with E-state index >= 15 is 0 Å². The van der Waals surface area contributed by atoms with E-state index < -0.39 is 0 Å². The number of aromatic nitrogens is 2. The molecule has 0 radical (unpaired) electrons. The van der Waals surface area contributed by atoms with E-state index in [4.69, 9.17) is 4.74 Å². The smallest absolute Gasteiger partial charge is 0.280 e. The van der Waals surface area contributed by atoms with Gasteiger partial charge in [0.05, 0.1) is 24.1 Å². The van der Waals surface area contributed by atoms with E-state index in [0.29, 0.717) is 5.56 Å². The second kappa shape index (κ2) is 9.22. The summed E-state index contributed by atoms with van der Waals surface area (Å²) in [5, 5.41) is 3.29. The zero-order chi connectivity index (χ0) is 19.9. The van der Waals surface area contributed by atoms with Gasteiger partial charge in [-0.15, -0.1) is 0 Å². The number of ether oxygens (including phenoxy) is 1. The number of aliphatic imine (C=N–C) groups is 1. The van der Waals surface area contributed by atoms with Crippen molar-refractivity contribution >= 4 is 5.71 Å². The van der Waals surface area contributed by atoms with E-state index in [1.165, 1.54) is 0 Å². The maximum Gasteiger partial charge on any atom is 0.280 e. The van der Waals surface area contributed by atoms with E-state index in [1.54, 1.807) is 11.8 Å². The third kappa shape index (κ3) is 4.25. The second-order valence-electron chi connectivity index (χ2n) is 6.74. The van der Waals surface area contributed by atoms with Gasteiger partial charge in [0, 0.05) is 17.8 Å². The van der Waals surface area contributed by atoms with Crippen molar-refractivity contribution in [1.82, 2.24) is 9.78 Å². The summed E-state index contributed by atoms with van der Waals surface area (Å²) in [5.74, 6) is 0.778. The summed E-state index contributed by atoms with van der Waals surface area (Å²) in [6.07, 6.45) is 3.32. The van der Waals surface area contributed by atoms with Gasteiger partial charge in [0.15, 0.2) is 0 Å². The minimum Gasteiger partial charge on any atom is -0.497 e. The topological polar surface area (TPSA) is 59.4 Å². The summed E-state index contributed by atoms with van der Waals surface area (Å²) in [7, 11) is 1.64. The number of H-pyrrole nitrogens is 1. The molecule has 2 aromatic carbocycles. The predicted octanol–water partition coefficient (Wildman–Crippen LogP) is 4.84. The van der Waals surface area contributed by atoms with Crippen molar-refractivity contribution in [3.8, 4) is 22.7 Å². The molecule has 28 heavy (non-hydrogen) atoms. The molecule has 5 nitrogen and oxygen atoms in total. The van der Waals surface area contributed by atoms with E-state index in [-0.39, 0.29) is 5.56 Å². The molecule has 3 rings (SSSR count). The van der Waals surface area contributed by atoms with Crippen LogP contribution in [0.15, 0.2) is 64.4 Å². The first-order chi connectivity index (χ1) is 13.7. The zero-order valence-corrected chi connectivity index (χ0v) is 16.7. The average Bonchev–Trinajstić information content (AvgIpc) is 3.09. The molecule has 0 atom stereocenters. The Bertz CT molecular complexity index is 983. The minimum atomic E-state index is -0.0891. The van der Waals surface area contributed by atoms with Crippen molar-refractivity contribution < 1.29 is 4.74 Å². The number of hydrogen-bond donors (Lipinski definition) is 1. The molecule has 0 bridgehead atoms. The van der Waals surface area contributed by atoms with Gasteiger partial charge in [0.25, 0.3) is 5.56 Å². The van der Waals surface area contributed by atoms with Crippen molar-refractivity contribution in [2.75, 3.05) is 13.7 Å². The first kappa shape index (κ1) is 19.7. The van der Waals surface area contributed by atoms with Crippen LogP contribution in [0.3, 0.4) is 0 Å². The number of benzene rings is 2. The molecule has 1 N–H and O–H groups in total. The standard InChI is InChI=1S/C23H27N3O2/c1-4-5-9-16-24-17(2)21-22(18-12-14-20(28-3)15-13-18)25-26(23(21)27)19-10-7-6-8-11-19/h6-8,10-15,25H,4-5,9,16H2,1-3H3. The fourth-order valence-electron chi connectivity index (χ4n) is 3.19. The molecule has 0 amide bonds. The Kier molecular flexibility index (Phi) is 6.48. The molecule has 0 saturated heterocycles. The molecule has 5 heteroatoms. The highest BCUT2D eigenvalue weighted by molar-refractivity contribution is 6.03. The van der Waals surface area contributed by atoms with Gasteiger partial charge in [-0.1, -0.05) is 38.0 Å². The van der Waals surface area contributed by atoms with E-state index in [9.17, 15) is 4.79 Å². The molecule has 0 spiro atoms. The zero-order valence-electron chi connectivity index (χ0n) is 16.7. The third-order valence-electron chi connectivity index (χ3n) is 4.76. The number of aromatic amines is 1. The summed E-state index contributed by atoms with van der Waals surface area (Å²) >= 11 is 0. The maximum atomic E-state index is 13.2. The Morgan fingerprint density at radius 3 is 2.43 bits per heavy atom. The Morgan fingerprint density at radius 2 is 1.79 bits per heavy atom. The number of rotatable bonds is 8. The van der Waals surface area contributed by atoms with Crippen LogP contribution in [0, 0.1) is 0 Å². The summed E-state index contributed by atoms with van der Waals surface area (Å²) in [5.41, 5.74) is 3.78. The van der Waals surface area contributed by atoms with Gasteiger partial charge in [0.1, 0.15) is 5.75 Å². The summed E-state index contributed by atoms with van der Waals surface area (Å²) in [6.45, 7) is 4.82. The van der Waals surface area contributed by atoms with Crippen LogP contribution in [0.5, 0.6) is 5.75 Å². The first-order valence-electron chi connectivity index (χ1n) is 9.72. The number of unbranched alkanes of at least 4 members (excludes halogenated alkanes) is 2. The van der Waals surface area contributed by atoms with E-state index in [2.05, 4.69) is 17.0 Å². The molecule has 0 aliphatic rings. The van der Waals surface area contributed by atoms with Crippen LogP contribution in [0.1, 0.15) is 38.7 Å².